The molecule has 0 saturated heterocycles. The third kappa shape index (κ3) is 3.59. The van der Waals surface area contributed by atoms with E-state index in [0.29, 0.717) is 11.7 Å². The standard InChI is InChI=1S/C15H22N6OS/c1-9-11(3)23-15(17-9)18-14(22)10(2)16-8-13-20-19-12-6-4-5-7-21(12)13/h10,16H,4-8H2,1-3H3,(H,17,18,22)/t10-/m1/s1. The Balaban J connectivity index is 1.55. The van der Waals surface area contributed by atoms with Crippen LogP contribution in [0.4, 0.5) is 5.13 Å². The van der Waals surface area contributed by atoms with Crippen LogP contribution in [0, 0.1) is 13.8 Å². The minimum atomic E-state index is -0.323. The first kappa shape index (κ1) is 16.1. The van der Waals surface area contributed by atoms with Crippen LogP contribution in [0.5, 0.6) is 0 Å². The average molecular weight is 334 g/mol. The highest BCUT2D eigenvalue weighted by molar-refractivity contribution is 7.15. The van der Waals surface area contributed by atoms with Crippen LogP contribution in [0.2, 0.25) is 0 Å². The molecule has 1 amide bonds. The van der Waals surface area contributed by atoms with Crippen LogP contribution in [0.15, 0.2) is 0 Å². The zero-order chi connectivity index (χ0) is 16.4. The quantitative estimate of drug-likeness (QED) is 0.871. The SMILES string of the molecule is Cc1nc(NC(=O)[C@@H](C)NCc2nnc3n2CCCC3)sc1C. The maximum absolute atomic E-state index is 12.2. The second-order valence-electron chi connectivity index (χ2n) is 5.89. The molecule has 0 unspecified atom stereocenters. The third-order valence-electron chi connectivity index (χ3n) is 4.15. The van der Waals surface area contributed by atoms with Crippen molar-refractivity contribution in [3.8, 4) is 0 Å². The molecule has 0 saturated carbocycles. The number of aryl methyl sites for hydroxylation is 3. The number of hydrogen-bond donors (Lipinski definition) is 2. The van der Waals surface area contributed by atoms with Gasteiger partial charge >= 0.3 is 0 Å². The Hall–Kier alpha value is -1.80. The molecular weight excluding hydrogens is 312 g/mol. The van der Waals surface area contributed by atoms with Crippen molar-refractivity contribution in [3.63, 3.8) is 0 Å². The first-order valence-electron chi connectivity index (χ1n) is 7.94. The smallest absolute Gasteiger partial charge is 0.243 e. The van der Waals surface area contributed by atoms with E-state index in [9.17, 15) is 4.79 Å². The Kier molecular flexibility index (Phi) is 4.72. The van der Waals surface area contributed by atoms with Crippen LogP contribution in [0.25, 0.3) is 0 Å². The topological polar surface area (TPSA) is 84.7 Å². The summed E-state index contributed by atoms with van der Waals surface area (Å²) in [7, 11) is 0. The van der Waals surface area contributed by atoms with E-state index in [2.05, 4.69) is 30.4 Å². The molecule has 2 aromatic heterocycles. The molecule has 1 aliphatic rings. The van der Waals surface area contributed by atoms with Crippen LogP contribution in [-0.4, -0.2) is 31.7 Å². The van der Waals surface area contributed by atoms with Gasteiger partial charge < -0.3 is 9.88 Å². The molecule has 23 heavy (non-hydrogen) atoms. The Morgan fingerprint density at radius 3 is 2.91 bits per heavy atom. The number of amides is 1. The Morgan fingerprint density at radius 2 is 2.17 bits per heavy atom. The minimum absolute atomic E-state index is 0.0860. The van der Waals surface area contributed by atoms with Crippen molar-refractivity contribution in [1.82, 2.24) is 25.1 Å². The van der Waals surface area contributed by atoms with E-state index in [0.717, 1.165) is 41.6 Å². The fourth-order valence-corrected chi connectivity index (χ4v) is 3.39. The van der Waals surface area contributed by atoms with Crippen LogP contribution >= 0.6 is 11.3 Å². The van der Waals surface area contributed by atoms with E-state index in [-0.39, 0.29) is 11.9 Å². The molecule has 0 aliphatic carbocycles. The lowest BCUT2D eigenvalue weighted by atomic mass is 10.1. The van der Waals surface area contributed by atoms with E-state index in [1.165, 1.54) is 17.8 Å². The lowest BCUT2D eigenvalue weighted by Crippen LogP contribution is -2.38. The van der Waals surface area contributed by atoms with Gasteiger partial charge in [0.2, 0.25) is 5.91 Å². The number of hydrogen-bond acceptors (Lipinski definition) is 6. The zero-order valence-electron chi connectivity index (χ0n) is 13.7. The molecule has 3 heterocycles. The van der Waals surface area contributed by atoms with Crippen molar-refractivity contribution < 1.29 is 4.79 Å². The van der Waals surface area contributed by atoms with Crippen molar-refractivity contribution >= 4 is 22.4 Å². The highest BCUT2D eigenvalue weighted by Gasteiger charge is 2.18. The second kappa shape index (κ2) is 6.76. The average Bonchev–Trinajstić information content (AvgIpc) is 3.08. The van der Waals surface area contributed by atoms with Gasteiger partial charge in [-0.1, -0.05) is 0 Å². The predicted octanol–water partition coefficient (Wildman–Crippen LogP) is 1.80. The molecule has 7 nitrogen and oxygen atoms in total. The monoisotopic (exact) mass is 334 g/mol. The lowest BCUT2D eigenvalue weighted by molar-refractivity contribution is -0.117. The second-order valence-corrected chi connectivity index (χ2v) is 7.10. The van der Waals surface area contributed by atoms with Gasteiger partial charge in [0.1, 0.15) is 11.6 Å². The number of fused-ring (bicyclic) bond motifs is 1. The molecular formula is C15H22N6OS. The summed E-state index contributed by atoms with van der Waals surface area (Å²) in [5, 5.41) is 15.2. The van der Waals surface area contributed by atoms with Crippen molar-refractivity contribution in [2.24, 2.45) is 0 Å². The molecule has 124 valence electrons. The van der Waals surface area contributed by atoms with Gasteiger partial charge in [0, 0.05) is 17.8 Å². The maximum Gasteiger partial charge on any atom is 0.243 e. The number of aromatic nitrogens is 4. The fraction of sp³-hybridized carbons (Fsp3) is 0.600. The number of rotatable bonds is 5. The highest BCUT2D eigenvalue weighted by atomic mass is 32.1. The normalized spacial score (nSPS) is 15.3. The van der Waals surface area contributed by atoms with Gasteiger partial charge in [-0.15, -0.1) is 21.5 Å². The molecule has 2 aromatic rings. The maximum atomic E-state index is 12.2. The van der Waals surface area contributed by atoms with Gasteiger partial charge in [-0.25, -0.2) is 4.98 Å². The first-order chi connectivity index (χ1) is 11.0. The van der Waals surface area contributed by atoms with E-state index < -0.39 is 0 Å². The molecule has 0 radical (unpaired) electrons. The van der Waals surface area contributed by atoms with E-state index in [1.807, 2.05) is 20.8 Å². The van der Waals surface area contributed by atoms with Gasteiger partial charge in [-0.3, -0.25) is 10.1 Å². The number of thiazole rings is 1. The summed E-state index contributed by atoms with van der Waals surface area (Å²) in [5.41, 5.74) is 0.959. The van der Waals surface area contributed by atoms with Crippen molar-refractivity contribution in [3.05, 3.63) is 22.2 Å². The number of nitrogens with one attached hydrogen (secondary N) is 2. The van der Waals surface area contributed by atoms with Gasteiger partial charge in [-0.05, 0) is 33.6 Å². The largest absolute Gasteiger partial charge is 0.314 e. The van der Waals surface area contributed by atoms with Crippen LogP contribution < -0.4 is 10.6 Å². The summed E-state index contributed by atoms with van der Waals surface area (Å²) in [5.74, 6) is 1.87. The molecule has 0 fully saturated rings. The number of anilines is 1. The van der Waals surface area contributed by atoms with Crippen LogP contribution in [0.3, 0.4) is 0 Å². The molecule has 1 atom stereocenters. The fourth-order valence-electron chi connectivity index (χ4n) is 2.58. The van der Waals surface area contributed by atoms with Gasteiger partial charge in [0.05, 0.1) is 18.3 Å². The minimum Gasteiger partial charge on any atom is -0.314 e. The predicted molar refractivity (Wildman–Crippen MR) is 89.5 cm³/mol. The van der Waals surface area contributed by atoms with Crippen molar-refractivity contribution in [1.29, 1.82) is 0 Å². The summed E-state index contributed by atoms with van der Waals surface area (Å²) >= 11 is 1.50. The summed E-state index contributed by atoms with van der Waals surface area (Å²) < 4.78 is 2.16. The van der Waals surface area contributed by atoms with Crippen molar-refractivity contribution in [2.75, 3.05) is 5.32 Å². The number of carbonyl (C=O) groups is 1. The van der Waals surface area contributed by atoms with Crippen LogP contribution in [-0.2, 0) is 24.3 Å². The molecule has 0 aromatic carbocycles. The van der Waals surface area contributed by atoms with Crippen LogP contribution in [0.1, 0.15) is 42.0 Å². The zero-order valence-corrected chi connectivity index (χ0v) is 14.5. The summed E-state index contributed by atoms with van der Waals surface area (Å²) in [6.07, 6.45) is 3.33. The molecule has 0 spiro atoms. The number of nitrogens with zero attached hydrogens (tertiary/aromatic N) is 4. The van der Waals surface area contributed by atoms with Gasteiger partial charge in [-0.2, -0.15) is 0 Å². The Labute approximate surface area is 139 Å². The first-order valence-corrected chi connectivity index (χ1v) is 8.75. The summed E-state index contributed by atoms with van der Waals surface area (Å²) in [6, 6.07) is -0.323. The van der Waals surface area contributed by atoms with Gasteiger partial charge in [0.25, 0.3) is 0 Å². The summed E-state index contributed by atoms with van der Waals surface area (Å²) in [6.45, 7) is 7.29. The molecule has 3 rings (SSSR count). The van der Waals surface area contributed by atoms with E-state index in [4.69, 9.17) is 0 Å². The third-order valence-corrected chi connectivity index (χ3v) is 5.14. The Bertz CT molecular complexity index is 687. The van der Waals surface area contributed by atoms with Crippen molar-refractivity contribution in [2.45, 2.75) is 59.2 Å². The molecule has 2 N–H and O–H groups in total. The lowest BCUT2D eigenvalue weighted by Gasteiger charge is -2.16. The van der Waals surface area contributed by atoms with Gasteiger partial charge in [0.15, 0.2) is 5.13 Å². The molecule has 8 heteroatoms. The van der Waals surface area contributed by atoms with E-state index in [1.54, 1.807) is 0 Å². The Morgan fingerprint density at radius 1 is 1.35 bits per heavy atom. The highest BCUT2D eigenvalue weighted by Crippen LogP contribution is 2.21. The number of carbonyl (C=O) groups excluding carboxylic acids is 1. The molecule has 1 aliphatic heterocycles. The molecule has 0 bridgehead atoms. The van der Waals surface area contributed by atoms with E-state index >= 15 is 0 Å². The summed E-state index contributed by atoms with van der Waals surface area (Å²) in [4.78, 5) is 17.7.